The second kappa shape index (κ2) is 5.85. The molecule has 0 heterocycles. The molecule has 1 aromatic carbocycles. The Hall–Kier alpha value is -0.570. The quantitative estimate of drug-likeness (QED) is 0.893. The average molecular weight is 255 g/mol. The summed E-state index contributed by atoms with van der Waals surface area (Å²) in [4.78, 5) is 2.28. The SMILES string of the molecule is CN(CC(C)(C)C)C(CN)c1ccccc1Cl. The number of rotatable bonds is 4. The molecule has 0 bridgehead atoms. The smallest absolute Gasteiger partial charge is 0.0482 e. The van der Waals surface area contributed by atoms with Crippen LogP contribution in [0.25, 0.3) is 0 Å². The molecule has 0 aliphatic heterocycles. The molecular weight excluding hydrogens is 232 g/mol. The molecule has 0 fully saturated rings. The molecule has 0 aliphatic carbocycles. The molecule has 0 radical (unpaired) electrons. The maximum Gasteiger partial charge on any atom is 0.0482 e. The zero-order valence-electron chi connectivity index (χ0n) is 11.2. The van der Waals surface area contributed by atoms with Crippen molar-refractivity contribution in [3.05, 3.63) is 34.9 Å². The van der Waals surface area contributed by atoms with Crippen LogP contribution in [0, 0.1) is 5.41 Å². The third-order valence-corrected chi connectivity index (χ3v) is 3.09. The fourth-order valence-corrected chi connectivity index (χ4v) is 2.41. The van der Waals surface area contributed by atoms with Gasteiger partial charge in [0.25, 0.3) is 0 Å². The van der Waals surface area contributed by atoms with Crippen molar-refractivity contribution in [2.75, 3.05) is 20.1 Å². The van der Waals surface area contributed by atoms with Gasteiger partial charge in [-0.15, -0.1) is 0 Å². The van der Waals surface area contributed by atoms with Crippen molar-refractivity contribution in [2.24, 2.45) is 11.1 Å². The molecule has 0 aromatic heterocycles. The standard InChI is InChI=1S/C14H23ClN2/c1-14(2,3)10-17(4)13(9-16)11-7-5-6-8-12(11)15/h5-8,13H,9-10,16H2,1-4H3. The van der Waals surface area contributed by atoms with Crippen LogP contribution < -0.4 is 5.73 Å². The predicted octanol–water partition coefficient (Wildman–Crippen LogP) is 3.32. The fraction of sp³-hybridized carbons (Fsp3) is 0.571. The van der Waals surface area contributed by atoms with E-state index >= 15 is 0 Å². The van der Waals surface area contributed by atoms with E-state index in [1.54, 1.807) is 0 Å². The second-order valence-electron chi connectivity index (χ2n) is 5.75. The van der Waals surface area contributed by atoms with E-state index in [-0.39, 0.29) is 11.5 Å². The molecule has 0 spiro atoms. The molecule has 0 saturated carbocycles. The number of hydrogen-bond donors (Lipinski definition) is 1. The van der Waals surface area contributed by atoms with Crippen molar-refractivity contribution in [3.63, 3.8) is 0 Å². The first kappa shape index (κ1) is 14.5. The summed E-state index contributed by atoms with van der Waals surface area (Å²) in [6.45, 7) is 8.24. The Labute approximate surface area is 110 Å². The number of benzene rings is 1. The number of likely N-dealkylation sites (N-methyl/N-ethyl adjacent to an activating group) is 1. The third kappa shape index (κ3) is 4.30. The van der Waals surface area contributed by atoms with Gasteiger partial charge in [0.05, 0.1) is 0 Å². The first-order chi connectivity index (χ1) is 7.85. The Kier molecular flexibility index (Phi) is 4.99. The van der Waals surface area contributed by atoms with Gasteiger partial charge in [-0.25, -0.2) is 0 Å². The van der Waals surface area contributed by atoms with Gasteiger partial charge >= 0.3 is 0 Å². The van der Waals surface area contributed by atoms with Gasteiger partial charge in [0.2, 0.25) is 0 Å². The normalized spacial score (nSPS) is 14.1. The number of nitrogens with zero attached hydrogens (tertiary/aromatic N) is 1. The monoisotopic (exact) mass is 254 g/mol. The summed E-state index contributed by atoms with van der Waals surface area (Å²) in [6.07, 6.45) is 0. The van der Waals surface area contributed by atoms with E-state index in [9.17, 15) is 0 Å². The number of halogens is 1. The number of hydrogen-bond acceptors (Lipinski definition) is 2. The largest absolute Gasteiger partial charge is 0.329 e. The molecule has 1 atom stereocenters. The summed E-state index contributed by atoms with van der Waals surface area (Å²) in [6, 6.07) is 8.12. The van der Waals surface area contributed by atoms with Gasteiger partial charge in [-0.05, 0) is 24.1 Å². The summed E-state index contributed by atoms with van der Waals surface area (Å²) >= 11 is 6.23. The Morgan fingerprint density at radius 2 is 1.88 bits per heavy atom. The van der Waals surface area contributed by atoms with Crippen LogP contribution in [0.1, 0.15) is 32.4 Å². The highest BCUT2D eigenvalue weighted by Gasteiger charge is 2.22. The molecule has 2 N–H and O–H groups in total. The van der Waals surface area contributed by atoms with Gasteiger partial charge in [-0.1, -0.05) is 50.6 Å². The Morgan fingerprint density at radius 1 is 1.29 bits per heavy atom. The first-order valence-electron chi connectivity index (χ1n) is 6.00. The van der Waals surface area contributed by atoms with Crippen LogP contribution in [0.4, 0.5) is 0 Å². The summed E-state index contributed by atoms with van der Waals surface area (Å²) in [5.41, 5.74) is 7.26. The lowest BCUT2D eigenvalue weighted by atomic mass is 9.94. The van der Waals surface area contributed by atoms with Gasteiger partial charge in [-0.3, -0.25) is 4.90 Å². The van der Waals surface area contributed by atoms with Crippen LogP contribution in [0.5, 0.6) is 0 Å². The van der Waals surface area contributed by atoms with Crippen LogP contribution in [0.2, 0.25) is 5.02 Å². The van der Waals surface area contributed by atoms with Crippen molar-refractivity contribution in [2.45, 2.75) is 26.8 Å². The number of nitrogens with two attached hydrogens (primary N) is 1. The maximum absolute atomic E-state index is 6.23. The summed E-state index contributed by atoms with van der Waals surface area (Å²) in [7, 11) is 2.10. The predicted molar refractivity (Wildman–Crippen MR) is 75.3 cm³/mol. The highest BCUT2D eigenvalue weighted by molar-refractivity contribution is 6.31. The van der Waals surface area contributed by atoms with E-state index in [0.717, 1.165) is 17.1 Å². The van der Waals surface area contributed by atoms with Crippen LogP contribution in [0.3, 0.4) is 0 Å². The highest BCUT2D eigenvalue weighted by atomic mass is 35.5. The molecule has 0 amide bonds. The lowest BCUT2D eigenvalue weighted by Crippen LogP contribution is -2.36. The topological polar surface area (TPSA) is 29.3 Å². The van der Waals surface area contributed by atoms with Gasteiger partial charge in [0, 0.05) is 24.2 Å². The average Bonchev–Trinajstić information content (AvgIpc) is 2.19. The summed E-state index contributed by atoms with van der Waals surface area (Å²) in [5.74, 6) is 0. The van der Waals surface area contributed by atoms with Crippen molar-refractivity contribution >= 4 is 11.6 Å². The first-order valence-corrected chi connectivity index (χ1v) is 6.37. The molecule has 1 rings (SSSR count). The van der Waals surface area contributed by atoms with Crippen molar-refractivity contribution in [1.82, 2.24) is 4.90 Å². The Bertz CT molecular complexity index is 357. The molecule has 0 saturated heterocycles. The molecule has 1 unspecified atom stereocenters. The molecular formula is C14H23ClN2. The Morgan fingerprint density at radius 3 is 2.35 bits per heavy atom. The zero-order chi connectivity index (χ0) is 13.1. The van der Waals surface area contributed by atoms with Crippen LogP contribution in [0.15, 0.2) is 24.3 Å². The minimum Gasteiger partial charge on any atom is -0.329 e. The third-order valence-electron chi connectivity index (χ3n) is 2.74. The fourth-order valence-electron chi connectivity index (χ4n) is 2.15. The lowest BCUT2D eigenvalue weighted by molar-refractivity contribution is 0.176. The van der Waals surface area contributed by atoms with E-state index in [1.165, 1.54) is 0 Å². The maximum atomic E-state index is 6.23. The van der Waals surface area contributed by atoms with Crippen molar-refractivity contribution in [1.29, 1.82) is 0 Å². The minimum atomic E-state index is 0.183. The summed E-state index contributed by atoms with van der Waals surface area (Å²) < 4.78 is 0. The highest BCUT2D eigenvalue weighted by Crippen LogP contribution is 2.28. The molecule has 2 nitrogen and oxygen atoms in total. The zero-order valence-corrected chi connectivity index (χ0v) is 12.0. The Balaban J connectivity index is 2.89. The van der Waals surface area contributed by atoms with Gasteiger partial charge in [0.1, 0.15) is 0 Å². The lowest BCUT2D eigenvalue weighted by Gasteiger charge is -2.33. The van der Waals surface area contributed by atoms with E-state index in [2.05, 4.69) is 38.8 Å². The van der Waals surface area contributed by atoms with Gasteiger partial charge in [-0.2, -0.15) is 0 Å². The summed E-state index contributed by atoms with van der Waals surface area (Å²) in [5, 5.41) is 0.795. The van der Waals surface area contributed by atoms with Crippen molar-refractivity contribution < 1.29 is 0 Å². The second-order valence-corrected chi connectivity index (χ2v) is 6.16. The van der Waals surface area contributed by atoms with E-state index in [1.807, 2.05) is 18.2 Å². The molecule has 1 aromatic rings. The van der Waals surface area contributed by atoms with Crippen LogP contribution in [-0.4, -0.2) is 25.0 Å². The minimum absolute atomic E-state index is 0.183. The van der Waals surface area contributed by atoms with Crippen molar-refractivity contribution in [3.8, 4) is 0 Å². The molecule has 96 valence electrons. The van der Waals surface area contributed by atoms with Gasteiger partial charge in [0.15, 0.2) is 0 Å². The molecule has 0 aliphatic rings. The molecule has 3 heteroatoms. The van der Waals surface area contributed by atoms with E-state index in [0.29, 0.717) is 6.54 Å². The molecule has 17 heavy (non-hydrogen) atoms. The van der Waals surface area contributed by atoms with E-state index < -0.39 is 0 Å². The van der Waals surface area contributed by atoms with Crippen LogP contribution >= 0.6 is 11.6 Å². The van der Waals surface area contributed by atoms with Gasteiger partial charge < -0.3 is 5.73 Å². The van der Waals surface area contributed by atoms with Crippen LogP contribution in [-0.2, 0) is 0 Å². The van der Waals surface area contributed by atoms with E-state index in [4.69, 9.17) is 17.3 Å².